The van der Waals surface area contributed by atoms with Crippen LogP contribution in [-0.4, -0.2) is 11.7 Å². The predicted molar refractivity (Wildman–Crippen MR) is 53.9 cm³/mol. The molecule has 1 fully saturated rings. The minimum atomic E-state index is -0.0230. The van der Waals surface area contributed by atoms with Crippen molar-refractivity contribution >= 4 is 0 Å². The van der Waals surface area contributed by atoms with Crippen LogP contribution < -0.4 is 5.90 Å². The van der Waals surface area contributed by atoms with E-state index in [1.165, 1.54) is 0 Å². The maximum atomic E-state index is 9.74. The van der Waals surface area contributed by atoms with Crippen molar-refractivity contribution in [3.05, 3.63) is 29.3 Å². The minimum Gasteiger partial charge on any atom is -0.508 e. The Hall–Kier alpha value is -1.06. The molecule has 0 aromatic heterocycles. The molecule has 0 spiro atoms. The van der Waals surface area contributed by atoms with E-state index in [1.807, 2.05) is 19.1 Å². The molecule has 3 N–H and O–H groups in total. The Morgan fingerprint density at radius 1 is 1.50 bits per heavy atom. The second kappa shape index (κ2) is 3.26. The topological polar surface area (TPSA) is 55.5 Å². The van der Waals surface area contributed by atoms with Crippen LogP contribution in [0.1, 0.15) is 24.0 Å². The monoisotopic (exact) mass is 193 g/mol. The summed E-state index contributed by atoms with van der Waals surface area (Å²) in [4.78, 5) is 4.71. The van der Waals surface area contributed by atoms with Crippen molar-refractivity contribution < 1.29 is 9.94 Å². The third-order valence-electron chi connectivity index (χ3n) is 2.94. The van der Waals surface area contributed by atoms with Gasteiger partial charge >= 0.3 is 0 Å². The Labute approximate surface area is 83.5 Å². The van der Waals surface area contributed by atoms with E-state index in [9.17, 15) is 5.11 Å². The number of nitrogens with two attached hydrogens (primary N) is 1. The van der Waals surface area contributed by atoms with Gasteiger partial charge in [-0.1, -0.05) is 17.7 Å². The zero-order valence-corrected chi connectivity index (χ0v) is 8.29. The molecule has 0 bridgehead atoms. The average molecular weight is 193 g/mol. The SMILES string of the molecule is Cc1ccc(O)c(C2(CON)CC2)c1. The van der Waals surface area contributed by atoms with Crippen LogP contribution >= 0.6 is 0 Å². The van der Waals surface area contributed by atoms with Crippen LogP contribution in [0.3, 0.4) is 0 Å². The van der Waals surface area contributed by atoms with Crippen molar-refractivity contribution in [2.24, 2.45) is 5.90 Å². The van der Waals surface area contributed by atoms with Gasteiger partial charge < -0.3 is 9.94 Å². The lowest BCUT2D eigenvalue weighted by Gasteiger charge is -2.16. The van der Waals surface area contributed by atoms with Gasteiger partial charge in [0.05, 0.1) is 6.61 Å². The summed E-state index contributed by atoms with van der Waals surface area (Å²) in [5.41, 5.74) is 2.11. The Balaban J connectivity index is 2.35. The van der Waals surface area contributed by atoms with Crippen molar-refractivity contribution in [1.29, 1.82) is 0 Å². The molecule has 1 saturated carbocycles. The Morgan fingerprint density at radius 3 is 2.79 bits per heavy atom. The number of rotatable bonds is 3. The molecule has 76 valence electrons. The van der Waals surface area contributed by atoms with Gasteiger partial charge in [0.2, 0.25) is 0 Å². The number of hydrogen-bond acceptors (Lipinski definition) is 3. The van der Waals surface area contributed by atoms with E-state index < -0.39 is 0 Å². The smallest absolute Gasteiger partial charge is 0.119 e. The van der Waals surface area contributed by atoms with Gasteiger partial charge in [-0.25, -0.2) is 5.90 Å². The number of hydrogen-bond donors (Lipinski definition) is 2. The number of benzene rings is 1. The molecule has 14 heavy (non-hydrogen) atoms. The van der Waals surface area contributed by atoms with E-state index in [-0.39, 0.29) is 5.41 Å². The first-order valence-corrected chi connectivity index (χ1v) is 4.80. The van der Waals surface area contributed by atoms with Gasteiger partial charge in [0, 0.05) is 11.0 Å². The highest BCUT2D eigenvalue weighted by atomic mass is 16.6. The molecule has 1 aromatic rings. The lowest BCUT2D eigenvalue weighted by Crippen LogP contribution is -2.18. The van der Waals surface area contributed by atoms with Crippen LogP contribution in [0.25, 0.3) is 0 Å². The van der Waals surface area contributed by atoms with E-state index in [0.29, 0.717) is 12.4 Å². The summed E-state index contributed by atoms with van der Waals surface area (Å²) in [6.45, 7) is 2.51. The third-order valence-corrected chi connectivity index (χ3v) is 2.94. The molecule has 0 radical (unpaired) electrons. The molecule has 0 aliphatic heterocycles. The standard InChI is InChI=1S/C11H15NO2/c1-8-2-3-10(13)9(6-8)11(4-5-11)7-14-12/h2-3,6,13H,4-5,7,12H2,1H3. The van der Waals surface area contributed by atoms with Gasteiger partial charge in [-0.2, -0.15) is 0 Å². The van der Waals surface area contributed by atoms with Crippen molar-refractivity contribution in [3.63, 3.8) is 0 Å². The molecule has 2 rings (SSSR count). The van der Waals surface area contributed by atoms with Crippen molar-refractivity contribution in [3.8, 4) is 5.75 Å². The van der Waals surface area contributed by atoms with Crippen LogP contribution in [-0.2, 0) is 10.3 Å². The summed E-state index contributed by atoms with van der Waals surface area (Å²) in [6.07, 6.45) is 2.09. The molecule has 0 unspecified atom stereocenters. The molecule has 0 saturated heterocycles. The Bertz CT molecular complexity index is 345. The molecule has 3 heteroatoms. The summed E-state index contributed by atoms with van der Waals surface area (Å²) in [7, 11) is 0. The highest BCUT2D eigenvalue weighted by molar-refractivity contribution is 5.44. The van der Waals surface area contributed by atoms with E-state index in [4.69, 9.17) is 10.7 Å². The number of aromatic hydroxyl groups is 1. The number of aryl methyl sites for hydroxylation is 1. The van der Waals surface area contributed by atoms with Gasteiger partial charge in [0.15, 0.2) is 0 Å². The predicted octanol–water partition coefficient (Wildman–Crippen LogP) is 1.62. The fourth-order valence-corrected chi connectivity index (χ4v) is 1.88. The lowest BCUT2D eigenvalue weighted by molar-refractivity contribution is 0.115. The fraction of sp³-hybridized carbons (Fsp3) is 0.455. The summed E-state index contributed by atoms with van der Waals surface area (Å²) >= 11 is 0. The molecular weight excluding hydrogens is 178 g/mol. The van der Waals surface area contributed by atoms with E-state index in [0.717, 1.165) is 24.0 Å². The fourth-order valence-electron chi connectivity index (χ4n) is 1.88. The largest absolute Gasteiger partial charge is 0.508 e. The van der Waals surface area contributed by atoms with Crippen molar-refractivity contribution in [1.82, 2.24) is 0 Å². The molecule has 0 amide bonds. The van der Waals surface area contributed by atoms with Gasteiger partial charge in [-0.3, -0.25) is 0 Å². The van der Waals surface area contributed by atoms with Gasteiger partial charge in [0.1, 0.15) is 5.75 Å². The molecular formula is C11H15NO2. The quantitative estimate of drug-likeness (QED) is 0.717. The number of phenolic OH excluding ortho intramolecular Hbond substituents is 1. The summed E-state index contributed by atoms with van der Waals surface area (Å²) in [6, 6.07) is 5.65. The summed E-state index contributed by atoms with van der Waals surface area (Å²) < 4.78 is 0. The molecule has 1 aromatic carbocycles. The van der Waals surface area contributed by atoms with E-state index in [2.05, 4.69) is 0 Å². The van der Waals surface area contributed by atoms with E-state index >= 15 is 0 Å². The first kappa shape index (κ1) is 9.49. The van der Waals surface area contributed by atoms with Crippen LogP contribution in [0.5, 0.6) is 5.75 Å². The van der Waals surface area contributed by atoms with Crippen LogP contribution in [0, 0.1) is 6.92 Å². The minimum absolute atomic E-state index is 0.0230. The van der Waals surface area contributed by atoms with E-state index in [1.54, 1.807) is 6.07 Å². The molecule has 3 nitrogen and oxygen atoms in total. The van der Waals surface area contributed by atoms with Crippen LogP contribution in [0.4, 0.5) is 0 Å². The summed E-state index contributed by atoms with van der Waals surface area (Å²) in [5.74, 6) is 5.45. The van der Waals surface area contributed by atoms with Gasteiger partial charge in [-0.15, -0.1) is 0 Å². The van der Waals surface area contributed by atoms with Crippen molar-refractivity contribution in [2.45, 2.75) is 25.2 Å². The summed E-state index contributed by atoms with van der Waals surface area (Å²) in [5, 5.41) is 9.74. The Kier molecular flexibility index (Phi) is 2.21. The highest BCUT2D eigenvalue weighted by Gasteiger charge is 2.46. The second-order valence-corrected chi connectivity index (χ2v) is 4.11. The van der Waals surface area contributed by atoms with Gasteiger partial charge in [0.25, 0.3) is 0 Å². The first-order valence-electron chi connectivity index (χ1n) is 4.80. The first-order chi connectivity index (χ1) is 6.68. The maximum Gasteiger partial charge on any atom is 0.119 e. The normalized spacial score (nSPS) is 18.1. The van der Waals surface area contributed by atoms with Gasteiger partial charge in [-0.05, 0) is 25.8 Å². The molecule has 0 atom stereocenters. The van der Waals surface area contributed by atoms with Crippen LogP contribution in [0.15, 0.2) is 18.2 Å². The molecule has 1 aliphatic carbocycles. The molecule has 0 heterocycles. The maximum absolute atomic E-state index is 9.74. The third kappa shape index (κ3) is 1.49. The number of phenols is 1. The zero-order chi connectivity index (χ0) is 10.2. The molecule has 1 aliphatic rings. The van der Waals surface area contributed by atoms with Crippen molar-refractivity contribution in [2.75, 3.05) is 6.61 Å². The average Bonchev–Trinajstić information content (AvgIpc) is 2.91. The zero-order valence-electron chi connectivity index (χ0n) is 8.29. The highest BCUT2D eigenvalue weighted by Crippen LogP contribution is 2.51. The van der Waals surface area contributed by atoms with Crippen LogP contribution in [0.2, 0.25) is 0 Å². The second-order valence-electron chi connectivity index (χ2n) is 4.11. The Morgan fingerprint density at radius 2 is 2.21 bits per heavy atom. The lowest BCUT2D eigenvalue weighted by atomic mass is 9.94.